The van der Waals surface area contributed by atoms with Crippen LogP contribution >= 0.6 is 11.6 Å². The van der Waals surface area contributed by atoms with Crippen LogP contribution < -0.4 is 20.1 Å². The molecule has 0 aromatic heterocycles. The quantitative estimate of drug-likeness (QED) is 0.601. The smallest absolute Gasteiger partial charge is 0.253 e. The fourth-order valence-electron chi connectivity index (χ4n) is 3.78. The molecule has 7 heteroatoms. The summed E-state index contributed by atoms with van der Waals surface area (Å²) < 4.78 is 10.5. The molecule has 0 spiro atoms. The van der Waals surface area contributed by atoms with E-state index < -0.39 is 0 Å². The third-order valence-electron chi connectivity index (χ3n) is 5.49. The normalized spacial score (nSPS) is 14.0. The molecule has 2 amide bonds. The van der Waals surface area contributed by atoms with Gasteiger partial charge in [-0.05, 0) is 55.2 Å². The zero-order valence-electron chi connectivity index (χ0n) is 18.0. The molecule has 1 aliphatic rings. The van der Waals surface area contributed by atoms with Crippen LogP contribution in [0, 0.1) is 0 Å². The molecular weight excluding hydrogens is 416 g/mol. The Labute approximate surface area is 188 Å². The van der Waals surface area contributed by atoms with Gasteiger partial charge in [-0.15, -0.1) is 0 Å². The number of benzene rings is 2. The maximum atomic E-state index is 12.7. The average molecular weight is 445 g/mol. The molecule has 2 aromatic rings. The van der Waals surface area contributed by atoms with Crippen molar-refractivity contribution in [2.24, 2.45) is 0 Å². The summed E-state index contributed by atoms with van der Waals surface area (Å²) in [6.07, 6.45) is 6.29. The molecule has 0 saturated heterocycles. The lowest BCUT2D eigenvalue weighted by molar-refractivity contribution is -0.116. The van der Waals surface area contributed by atoms with E-state index in [-0.39, 0.29) is 24.3 Å². The van der Waals surface area contributed by atoms with Gasteiger partial charge in [0.15, 0.2) is 0 Å². The van der Waals surface area contributed by atoms with E-state index in [2.05, 4.69) is 10.6 Å². The lowest BCUT2D eigenvalue weighted by atomic mass is 9.95. The zero-order valence-corrected chi connectivity index (χ0v) is 18.8. The number of hydrogen-bond acceptors (Lipinski definition) is 4. The summed E-state index contributed by atoms with van der Waals surface area (Å²) in [5.74, 6) is 1.02. The highest BCUT2D eigenvalue weighted by atomic mass is 35.5. The fourth-order valence-corrected chi connectivity index (χ4v) is 3.98. The summed E-state index contributed by atoms with van der Waals surface area (Å²) in [7, 11) is 3.18. The van der Waals surface area contributed by atoms with E-state index in [1.165, 1.54) is 6.42 Å². The average Bonchev–Trinajstić information content (AvgIpc) is 2.79. The van der Waals surface area contributed by atoms with Gasteiger partial charge in [0, 0.05) is 24.2 Å². The third-order valence-corrected chi connectivity index (χ3v) is 5.82. The van der Waals surface area contributed by atoms with E-state index in [0.717, 1.165) is 31.2 Å². The largest absolute Gasteiger partial charge is 0.497 e. The van der Waals surface area contributed by atoms with Crippen LogP contribution in [0.25, 0.3) is 0 Å². The van der Waals surface area contributed by atoms with E-state index in [4.69, 9.17) is 21.1 Å². The molecule has 6 nitrogen and oxygen atoms in total. The molecule has 0 bridgehead atoms. The summed E-state index contributed by atoms with van der Waals surface area (Å²) in [5, 5.41) is 6.29. The maximum Gasteiger partial charge on any atom is 0.253 e. The van der Waals surface area contributed by atoms with Crippen LogP contribution in [0.3, 0.4) is 0 Å². The Hall–Kier alpha value is -2.73. The van der Waals surface area contributed by atoms with Crippen molar-refractivity contribution in [2.45, 2.75) is 51.0 Å². The summed E-state index contributed by atoms with van der Waals surface area (Å²) in [5.41, 5.74) is 1.86. The van der Waals surface area contributed by atoms with Gasteiger partial charge in [0.1, 0.15) is 11.5 Å². The third kappa shape index (κ3) is 6.62. The van der Waals surface area contributed by atoms with E-state index in [1.807, 2.05) is 12.1 Å². The number of methoxy groups -OCH3 is 2. The van der Waals surface area contributed by atoms with E-state index in [1.54, 1.807) is 38.5 Å². The number of ether oxygens (including phenoxy) is 2. The number of nitrogens with one attached hydrogen (secondary N) is 2. The number of aryl methyl sites for hydroxylation is 1. The van der Waals surface area contributed by atoms with Gasteiger partial charge in [-0.2, -0.15) is 0 Å². The van der Waals surface area contributed by atoms with Gasteiger partial charge in [-0.25, -0.2) is 0 Å². The van der Waals surface area contributed by atoms with Crippen molar-refractivity contribution >= 4 is 29.1 Å². The van der Waals surface area contributed by atoms with Crippen molar-refractivity contribution in [3.8, 4) is 11.5 Å². The van der Waals surface area contributed by atoms with Gasteiger partial charge in [0.25, 0.3) is 5.91 Å². The minimum Gasteiger partial charge on any atom is -0.497 e. The van der Waals surface area contributed by atoms with Crippen LogP contribution in [0.4, 0.5) is 5.69 Å². The second-order valence-electron chi connectivity index (χ2n) is 7.77. The topological polar surface area (TPSA) is 76.7 Å². The molecule has 2 aromatic carbocycles. The number of carbonyl (C=O) groups is 2. The van der Waals surface area contributed by atoms with Gasteiger partial charge >= 0.3 is 0 Å². The van der Waals surface area contributed by atoms with Crippen LogP contribution in [0.15, 0.2) is 36.4 Å². The first-order chi connectivity index (χ1) is 15.0. The molecule has 31 heavy (non-hydrogen) atoms. The van der Waals surface area contributed by atoms with Crippen LogP contribution in [0.1, 0.15) is 54.4 Å². The van der Waals surface area contributed by atoms with Gasteiger partial charge in [0.05, 0.1) is 24.8 Å². The predicted molar refractivity (Wildman–Crippen MR) is 122 cm³/mol. The molecule has 1 fully saturated rings. The highest BCUT2D eigenvalue weighted by molar-refractivity contribution is 6.34. The van der Waals surface area contributed by atoms with E-state index in [0.29, 0.717) is 34.2 Å². The number of carbonyl (C=O) groups excluding carboxylic acids is 2. The van der Waals surface area contributed by atoms with Crippen LogP contribution in [-0.4, -0.2) is 32.1 Å². The number of amides is 2. The van der Waals surface area contributed by atoms with Gasteiger partial charge in [-0.1, -0.05) is 30.9 Å². The summed E-state index contributed by atoms with van der Waals surface area (Å²) in [4.78, 5) is 25.1. The maximum absolute atomic E-state index is 12.7. The standard InChI is InChI=1S/C24H29ClN2O4/c1-30-19-12-16(13-20(15-19)31-2)8-11-23(28)26-18-9-10-22(25)21(14-18)24(29)27-17-6-4-3-5-7-17/h9-10,12-15,17H,3-8,11H2,1-2H3,(H,26,28)(H,27,29). The van der Waals surface area contributed by atoms with Crippen molar-refractivity contribution in [3.63, 3.8) is 0 Å². The van der Waals surface area contributed by atoms with E-state index in [9.17, 15) is 9.59 Å². The second kappa shape index (κ2) is 11.0. The highest BCUT2D eigenvalue weighted by Crippen LogP contribution is 2.25. The van der Waals surface area contributed by atoms with Crippen LogP contribution in [-0.2, 0) is 11.2 Å². The Bertz CT molecular complexity index is 904. The molecule has 1 aliphatic carbocycles. The van der Waals surface area contributed by atoms with Gasteiger partial charge in [0.2, 0.25) is 5.91 Å². The SMILES string of the molecule is COc1cc(CCC(=O)Nc2ccc(Cl)c(C(=O)NC3CCCCC3)c2)cc(OC)c1. The van der Waals surface area contributed by atoms with Crippen LogP contribution in [0.2, 0.25) is 5.02 Å². The minimum atomic E-state index is -0.198. The molecule has 0 radical (unpaired) electrons. The summed E-state index contributed by atoms with van der Waals surface area (Å²) in [6.45, 7) is 0. The number of anilines is 1. The van der Waals surface area contributed by atoms with E-state index >= 15 is 0 Å². The van der Waals surface area contributed by atoms with Crippen molar-refractivity contribution in [3.05, 3.63) is 52.5 Å². The molecule has 2 N–H and O–H groups in total. The molecule has 0 heterocycles. The monoisotopic (exact) mass is 444 g/mol. The Morgan fingerprint density at radius 3 is 2.32 bits per heavy atom. The fraction of sp³-hybridized carbons (Fsp3) is 0.417. The Balaban J connectivity index is 1.60. The van der Waals surface area contributed by atoms with Gasteiger partial charge < -0.3 is 20.1 Å². The van der Waals surface area contributed by atoms with Crippen LogP contribution in [0.5, 0.6) is 11.5 Å². The first-order valence-corrected chi connectivity index (χ1v) is 11.0. The minimum absolute atomic E-state index is 0.150. The summed E-state index contributed by atoms with van der Waals surface area (Å²) in [6, 6.07) is 10.7. The zero-order chi connectivity index (χ0) is 22.2. The predicted octanol–water partition coefficient (Wildman–Crippen LogP) is 4.99. The molecule has 3 rings (SSSR count). The van der Waals surface area contributed by atoms with Crippen molar-refractivity contribution in [2.75, 3.05) is 19.5 Å². The first kappa shape index (κ1) is 22.9. The number of hydrogen-bond donors (Lipinski definition) is 2. The molecule has 1 saturated carbocycles. The molecule has 0 aliphatic heterocycles. The summed E-state index contributed by atoms with van der Waals surface area (Å²) >= 11 is 6.25. The van der Waals surface area contributed by atoms with Crippen molar-refractivity contribution in [1.82, 2.24) is 5.32 Å². The molecule has 0 unspecified atom stereocenters. The van der Waals surface area contributed by atoms with Gasteiger partial charge in [-0.3, -0.25) is 9.59 Å². The Morgan fingerprint density at radius 2 is 1.68 bits per heavy atom. The Morgan fingerprint density at radius 1 is 1.00 bits per heavy atom. The highest BCUT2D eigenvalue weighted by Gasteiger charge is 2.19. The Kier molecular flexibility index (Phi) is 8.18. The molecule has 0 atom stereocenters. The molecule has 166 valence electrons. The number of halogens is 1. The van der Waals surface area contributed by atoms with Crippen molar-refractivity contribution in [1.29, 1.82) is 0 Å². The first-order valence-electron chi connectivity index (χ1n) is 10.6. The lowest BCUT2D eigenvalue weighted by Crippen LogP contribution is -2.36. The van der Waals surface area contributed by atoms with Crippen molar-refractivity contribution < 1.29 is 19.1 Å². The molecular formula is C24H29ClN2O4. The number of rotatable bonds is 8. The second-order valence-corrected chi connectivity index (χ2v) is 8.18. The lowest BCUT2D eigenvalue weighted by Gasteiger charge is -2.23.